The maximum Gasteiger partial charge on any atom is 0.0350 e. The van der Waals surface area contributed by atoms with E-state index in [1.807, 2.05) is 13.0 Å². The predicted molar refractivity (Wildman–Crippen MR) is 58.3 cm³/mol. The smallest absolute Gasteiger partial charge is 0.0350 e. The first kappa shape index (κ1) is 8.11. The molecular formula is C12H13N. The monoisotopic (exact) mass is 171 g/mol. The molecule has 2 N–H and O–H groups in total. The third-order valence-corrected chi connectivity index (χ3v) is 2.34. The number of rotatable bonds is 0. The topological polar surface area (TPSA) is 26.0 Å². The van der Waals surface area contributed by atoms with Gasteiger partial charge in [-0.1, -0.05) is 24.3 Å². The quantitative estimate of drug-likeness (QED) is 0.596. The van der Waals surface area contributed by atoms with Crippen LogP contribution in [0, 0.1) is 6.92 Å². The molecule has 0 fully saturated rings. The van der Waals surface area contributed by atoms with Crippen LogP contribution in [0.2, 0.25) is 0 Å². The number of nitrogens with two attached hydrogens (primary N) is 1. The van der Waals surface area contributed by atoms with Crippen molar-refractivity contribution in [1.82, 2.24) is 0 Å². The zero-order chi connectivity index (χ0) is 9.26. The summed E-state index contributed by atoms with van der Waals surface area (Å²) in [6.07, 6.45) is 9.61. The Hall–Kier alpha value is -1.50. The first-order chi connectivity index (χ1) is 6.27. The number of fused-ring (bicyclic) bond motifs is 1. The van der Waals surface area contributed by atoms with Crippen LogP contribution >= 0.6 is 0 Å². The normalized spacial score (nSPS) is 13.9. The summed E-state index contributed by atoms with van der Waals surface area (Å²) in [6, 6.07) is 4.17. The summed E-state index contributed by atoms with van der Waals surface area (Å²) in [5.41, 5.74) is 10.3. The molecule has 0 radical (unpaired) electrons. The fourth-order valence-electron chi connectivity index (χ4n) is 1.52. The van der Waals surface area contributed by atoms with Gasteiger partial charge in [0.25, 0.3) is 0 Å². The van der Waals surface area contributed by atoms with Gasteiger partial charge in [-0.05, 0) is 42.2 Å². The minimum atomic E-state index is 0.874. The highest BCUT2D eigenvalue weighted by Crippen LogP contribution is 2.22. The first-order valence-corrected chi connectivity index (χ1v) is 4.50. The lowest BCUT2D eigenvalue weighted by molar-refractivity contribution is 1.44. The van der Waals surface area contributed by atoms with Crippen molar-refractivity contribution in [1.29, 1.82) is 0 Å². The van der Waals surface area contributed by atoms with Gasteiger partial charge in [-0.25, -0.2) is 0 Å². The second-order valence-electron chi connectivity index (χ2n) is 3.38. The van der Waals surface area contributed by atoms with Gasteiger partial charge in [0.05, 0.1) is 0 Å². The van der Waals surface area contributed by atoms with Gasteiger partial charge < -0.3 is 5.73 Å². The van der Waals surface area contributed by atoms with Gasteiger partial charge >= 0.3 is 0 Å². The van der Waals surface area contributed by atoms with E-state index in [-0.39, 0.29) is 0 Å². The minimum Gasteiger partial charge on any atom is -0.398 e. The van der Waals surface area contributed by atoms with Gasteiger partial charge in [-0.3, -0.25) is 0 Å². The van der Waals surface area contributed by atoms with Crippen molar-refractivity contribution in [3.05, 3.63) is 41.0 Å². The summed E-state index contributed by atoms with van der Waals surface area (Å²) in [7, 11) is 0. The molecule has 0 aromatic heterocycles. The number of allylic oxidation sites excluding steroid dienone is 2. The van der Waals surface area contributed by atoms with Crippen LogP contribution in [-0.2, 0) is 0 Å². The molecule has 1 heteroatoms. The Balaban J connectivity index is 2.62. The number of hydrogen-bond donors (Lipinski definition) is 1. The molecule has 2 rings (SSSR count). The lowest BCUT2D eigenvalue weighted by Gasteiger charge is -2.05. The molecule has 0 saturated carbocycles. The molecule has 1 aliphatic carbocycles. The molecule has 0 bridgehead atoms. The Labute approximate surface area is 78.6 Å². The van der Waals surface area contributed by atoms with Crippen LogP contribution < -0.4 is 5.73 Å². The van der Waals surface area contributed by atoms with Crippen LogP contribution in [0.4, 0.5) is 5.69 Å². The summed E-state index contributed by atoms with van der Waals surface area (Å²) < 4.78 is 0. The van der Waals surface area contributed by atoms with Gasteiger partial charge in [-0.15, -0.1) is 0 Å². The first-order valence-electron chi connectivity index (χ1n) is 4.50. The van der Waals surface area contributed by atoms with E-state index in [1.165, 1.54) is 11.1 Å². The second kappa shape index (κ2) is 3.09. The van der Waals surface area contributed by atoms with Crippen LogP contribution in [0.25, 0.3) is 12.2 Å². The van der Waals surface area contributed by atoms with E-state index in [9.17, 15) is 0 Å². The number of hydrogen-bond acceptors (Lipinski definition) is 1. The molecule has 0 aliphatic heterocycles. The van der Waals surface area contributed by atoms with Crippen LogP contribution in [-0.4, -0.2) is 0 Å². The number of nitrogen functional groups attached to an aromatic ring is 1. The Bertz CT molecular complexity index is 349. The molecule has 0 saturated heterocycles. The fraction of sp³-hybridized carbons (Fsp3) is 0.167. The molecule has 0 spiro atoms. The summed E-state index contributed by atoms with van der Waals surface area (Å²) in [5.74, 6) is 0. The molecule has 0 unspecified atom stereocenters. The van der Waals surface area contributed by atoms with Gasteiger partial charge in [0.2, 0.25) is 0 Å². The molecular weight excluding hydrogens is 158 g/mol. The van der Waals surface area contributed by atoms with Crippen LogP contribution in [0.5, 0.6) is 0 Å². The van der Waals surface area contributed by atoms with Crippen molar-refractivity contribution in [2.24, 2.45) is 0 Å². The molecule has 1 nitrogen and oxygen atoms in total. The van der Waals surface area contributed by atoms with E-state index < -0.39 is 0 Å². The maximum absolute atomic E-state index is 5.84. The van der Waals surface area contributed by atoms with E-state index >= 15 is 0 Å². The Morgan fingerprint density at radius 2 is 1.69 bits per heavy atom. The summed E-state index contributed by atoms with van der Waals surface area (Å²) in [5, 5.41) is 0. The second-order valence-corrected chi connectivity index (χ2v) is 3.38. The maximum atomic E-state index is 5.84. The third kappa shape index (κ3) is 1.50. The highest BCUT2D eigenvalue weighted by molar-refractivity contribution is 5.72. The Morgan fingerprint density at radius 1 is 1.08 bits per heavy atom. The summed E-state index contributed by atoms with van der Waals surface area (Å²) in [6.45, 7) is 2.04. The van der Waals surface area contributed by atoms with Crippen molar-refractivity contribution in [2.75, 3.05) is 5.73 Å². The van der Waals surface area contributed by atoms with Gasteiger partial charge in [0.1, 0.15) is 0 Å². The molecule has 1 aromatic carbocycles. The van der Waals surface area contributed by atoms with Crippen LogP contribution in [0.3, 0.4) is 0 Å². The average Bonchev–Trinajstić information content (AvgIpc) is 2.31. The average molecular weight is 171 g/mol. The van der Waals surface area contributed by atoms with Crippen LogP contribution in [0.1, 0.15) is 23.1 Å². The lowest BCUT2D eigenvalue weighted by atomic mass is 10.0. The Morgan fingerprint density at radius 3 is 2.38 bits per heavy atom. The van der Waals surface area contributed by atoms with E-state index in [2.05, 4.69) is 30.4 Å². The molecule has 0 atom stereocenters. The summed E-state index contributed by atoms with van der Waals surface area (Å²) >= 11 is 0. The van der Waals surface area contributed by atoms with E-state index in [1.54, 1.807) is 0 Å². The molecule has 1 aliphatic rings. The molecule has 66 valence electrons. The number of anilines is 1. The van der Waals surface area contributed by atoms with E-state index in [0.717, 1.165) is 17.7 Å². The third-order valence-electron chi connectivity index (χ3n) is 2.34. The largest absolute Gasteiger partial charge is 0.398 e. The zero-order valence-electron chi connectivity index (χ0n) is 7.75. The zero-order valence-corrected chi connectivity index (χ0v) is 7.75. The van der Waals surface area contributed by atoms with Crippen molar-refractivity contribution >= 4 is 17.8 Å². The molecule has 0 amide bonds. The number of benzene rings is 1. The van der Waals surface area contributed by atoms with Crippen molar-refractivity contribution in [2.45, 2.75) is 13.3 Å². The SMILES string of the molecule is Cc1cc2c(cc1N)C=CCC=C2. The Kier molecular flexibility index (Phi) is 1.93. The van der Waals surface area contributed by atoms with Crippen molar-refractivity contribution < 1.29 is 0 Å². The number of aryl methyl sites for hydroxylation is 1. The molecule has 1 aromatic rings. The molecule has 13 heavy (non-hydrogen) atoms. The van der Waals surface area contributed by atoms with Gasteiger partial charge in [0.15, 0.2) is 0 Å². The van der Waals surface area contributed by atoms with E-state index in [0.29, 0.717) is 0 Å². The predicted octanol–water partition coefficient (Wildman–Crippen LogP) is 3.01. The van der Waals surface area contributed by atoms with E-state index in [4.69, 9.17) is 5.73 Å². The van der Waals surface area contributed by atoms with Crippen LogP contribution in [0.15, 0.2) is 24.3 Å². The lowest BCUT2D eigenvalue weighted by Crippen LogP contribution is -1.92. The summed E-state index contributed by atoms with van der Waals surface area (Å²) in [4.78, 5) is 0. The van der Waals surface area contributed by atoms with Gasteiger partial charge in [-0.2, -0.15) is 0 Å². The standard InChI is InChI=1S/C12H13N/c1-9-7-10-5-3-2-4-6-11(10)8-12(9)13/h3-8H,2,13H2,1H3. The highest BCUT2D eigenvalue weighted by atomic mass is 14.6. The fourth-order valence-corrected chi connectivity index (χ4v) is 1.52. The van der Waals surface area contributed by atoms with Gasteiger partial charge in [0, 0.05) is 5.69 Å². The molecule has 0 heterocycles. The van der Waals surface area contributed by atoms with Crippen molar-refractivity contribution in [3.63, 3.8) is 0 Å². The highest BCUT2D eigenvalue weighted by Gasteiger charge is 2.01. The minimum absolute atomic E-state index is 0.874. The van der Waals surface area contributed by atoms with Crippen molar-refractivity contribution in [3.8, 4) is 0 Å².